The molecule has 2 aliphatic rings. The van der Waals surface area contributed by atoms with Crippen LogP contribution in [0.5, 0.6) is 0 Å². The Labute approximate surface area is 120 Å². The van der Waals surface area contributed by atoms with E-state index in [9.17, 15) is 9.59 Å². The van der Waals surface area contributed by atoms with Gasteiger partial charge in [0.25, 0.3) is 0 Å². The van der Waals surface area contributed by atoms with E-state index >= 15 is 0 Å². The second kappa shape index (κ2) is 7.67. The highest BCUT2D eigenvalue weighted by molar-refractivity contribution is 6.01. The predicted molar refractivity (Wildman–Crippen MR) is 75.2 cm³/mol. The highest BCUT2D eigenvalue weighted by Gasteiger charge is 2.29. The van der Waals surface area contributed by atoms with E-state index in [1.165, 1.54) is 17.7 Å². The van der Waals surface area contributed by atoms with Crippen molar-refractivity contribution >= 4 is 24.3 Å². The molecule has 110 valence electrons. The lowest BCUT2D eigenvalue weighted by molar-refractivity contribution is -0.125. The molecular weight excluding hydrogens is 268 g/mol. The summed E-state index contributed by atoms with van der Waals surface area (Å²) in [6.07, 6.45) is 3.50. The molecule has 0 saturated carbocycles. The van der Waals surface area contributed by atoms with Crippen molar-refractivity contribution in [1.82, 2.24) is 15.1 Å². The number of hydrogen-bond donors (Lipinski definition) is 2. The van der Waals surface area contributed by atoms with Gasteiger partial charge in [-0.3, -0.25) is 9.69 Å². The molecule has 2 aliphatic heterocycles. The van der Waals surface area contributed by atoms with E-state index in [0.717, 1.165) is 32.6 Å². The minimum Gasteiger partial charge on any atom is -0.330 e. The van der Waals surface area contributed by atoms with Crippen molar-refractivity contribution in [2.24, 2.45) is 11.7 Å². The predicted octanol–water partition coefficient (Wildman–Crippen LogP) is 0.0208. The molecule has 0 spiro atoms. The van der Waals surface area contributed by atoms with Crippen LogP contribution in [0.2, 0.25) is 0 Å². The maximum atomic E-state index is 11.4. The summed E-state index contributed by atoms with van der Waals surface area (Å²) < 4.78 is 0. The summed E-state index contributed by atoms with van der Waals surface area (Å²) >= 11 is 0. The van der Waals surface area contributed by atoms with Gasteiger partial charge in [-0.1, -0.05) is 0 Å². The number of piperidine rings is 1. The van der Waals surface area contributed by atoms with Gasteiger partial charge >= 0.3 is 6.03 Å². The van der Waals surface area contributed by atoms with Crippen molar-refractivity contribution < 1.29 is 9.59 Å². The van der Waals surface area contributed by atoms with Crippen LogP contribution in [0, 0.1) is 5.92 Å². The van der Waals surface area contributed by atoms with Crippen molar-refractivity contribution in [3.63, 3.8) is 0 Å². The Balaban J connectivity index is 0.00000180. The fraction of sp³-hybridized carbons (Fsp3) is 0.833. The van der Waals surface area contributed by atoms with Gasteiger partial charge < -0.3 is 16.0 Å². The Morgan fingerprint density at radius 2 is 2.11 bits per heavy atom. The molecule has 2 heterocycles. The highest BCUT2D eigenvalue weighted by Crippen LogP contribution is 2.18. The number of hydrogen-bond acceptors (Lipinski definition) is 4. The third kappa shape index (κ3) is 4.33. The summed E-state index contributed by atoms with van der Waals surface area (Å²) in [4.78, 5) is 26.5. The van der Waals surface area contributed by atoms with Gasteiger partial charge in [-0.05, 0) is 38.3 Å². The summed E-state index contributed by atoms with van der Waals surface area (Å²) in [6, 6.07) is -0.254. The molecule has 19 heavy (non-hydrogen) atoms. The maximum absolute atomic E-state index is 11.4. The van der Waals surface area contributed by atoms with E-state index in [1.54, 1.807) is 0 Å². The van der Waals surface area contributed by atoms with E-state index in [4.69, 9.17) is 5.73 Å². The Kier molecular flexibility index (Phi) is 6.54. The third-order valence-corrected chi connectivity index (χ3v) is 3.75. The smallest absolute Gasteiger partial charge is 0.324 e. The summed E-state index contributed by atoms with van der Waals surface area (Å²) in [5.74, 6) is 0.558. The first-order valence-electron chi connectivity index (χ1n) is 6.71. The topological polar surface area (TPSA) is 78.7 Å². The largest absolute Gasteiger partial charge is 0.330 e. The molecule has 0 bridgehead atoms. The average molecular weight is 291 g/mol. The first kappa shape index (κ1) is 16.2. The van der Waals surface area contributed by atoms with Crippen LogP contribution in [-0.4, -0.2) is 61.0 Å². The van der Waals surface area contributed by atoms with Gasteiger partial charge in [-0.2, -0.15) is 0 Å². The van der Waals surface area contributed by atoms with Crippen LogP contribution in [0.1, 0.15) is 19.3 Å². The number of nitrogens with two attached hydrogens (primary N) is 1. The molecule has 2 rings (SSSR count). The molecule has 6 nitrogen and oxygen atoms in total. The van der Waals surface area contributed by atoms with Crippen LogP contribution in [0.4, 0.5) is 4.79 Å². The first-order chi connectivity index (χ1) is 8.70. The molecule has 0 aromatic rings. The Hall–Kier alpha value is -0.850. The fourth-order valence-electron chi connectivity index (χ4n) is 2.75. The molecule has 3 N–H and O–H groups in total. The Bertz CT molecular complexity index is 309. The minimum absolute atomic E-state index is 0. The van der Waals surface area contributed by atoms with Gasteiger partial charge in [-0.25, -0.2) is 4.79 Å². The number of carbonyl (C=O) groups is 2. The summed E-state index contributed by atoms with van der Waals surface area (Å²) in [6.45, 7) is 4.27. The average Bonchev–Trinajstić information content (AvgIpc) is 2.68. The molecule has 1 unspecified atom stereocenters. The van der Waals surface area contributed by atoms with Gasteiger partial charge in [0.05, 0.1) is 6.54 Å². The zero-order valence-electron chi connectivity index (χ0n) is 11.1. The third-order valence-electron chi connectivity index (χ3n) is 3.75. The van der Waals surface area contributed by atoms with Gasteiger partial charge in [0, 0.05) is 19.6 Å². The highest BCUT2D eigenvalue weighted by atomic mass is 35.5. The van der Waals surface area contributed by atoms with Crippen molar-refractivity contribution in [2.75, 3.05) is 39.3 Å². The van der Waals surface area contributed by atoms with Gasteiger partial charge in [0.15, 0.2) is 0 Å². The number of likely N-dealkylation sites (tertiary alicyclic amines) is 1. The van der Waals surface area contributed by atoms with Crippen LogP contribution in [-0.2, 0) is 4.79 Å². The maximum Gasteiger partial charge on any atom is 0.324 e. The second-order valence-electron chi connectivity index (χ2n) is 5.09. The van der Waals surface area contributed by atoms with E-state index in [-0.39, 0.29) is 30.9 Å². The molecule has 0 radical (unpaired) electrons. The van der Waals surface area contributed by atoms with Crippen molar-refractivity contribution in [2.45, 2.75) is 19.3 Å². The Morgan fingerprint density at radius 3 is 2.74 bits per heavy atom. The van der Waals surface area contributed by atoms with E-state index in [2.05, 4.69) is 10.2 Å². The summed E-state index contributed by atoms with van der Waals surface area (Å²) in [5.41, 5.74) is 5.59. The van der Waals surface area contributed by atoms with Crippen LogP contribution in [0.3, 0.4) is 0 Å². The van der Waals surface area contributed by atoms with E-state index in [0.29, 0.717) is 12.5 Å². The Morgan fingerprint density at radius 1 is 1.32 bits per heavy atom. The SMILES string of the molecule is Cl.NCCC1CCCN(CCN2C(=O)CNC2=O)C1. The van der Waals surface area contributed by atoms with Gasteiger partial charge in [0.1, 0.15) is 0 Å². The van der Waals surface area contributed by atoms with E-state index in [1.807, 2.05) is 0 Å². The second-order valence-corrected chi connectivity index (χ2v) is 5.09. The van der Waals surface area contributed by atoms with Crippen molar-refractivity contribution in [1.29, 1.82) is 0 Å². The molecule has 0 aromatic carbocycles. The van der Waals surface area contributed by atoms with Crippen LogP contribution in [0.25, 0.3) is 0 Å². The molecule has 2 saturated heterocycles. The van der Waals surface area contributed by atoms with Crippen LogP contribution < -0.4 is 11.1 Å². The molecular formula is C12H23ClN4O2. The number of halogens is 1. The number of rotatable bonds is 5. The summed E-state index contributed by atoms with van der Waals surface area (Å²) in [5, 5.41) is 2.54. The lowest BCUT2D eigenvalue weighted by Crippen LogP contribution is -2.43. The standard InChI is InChI=1S/C12H22N4O2.ClH/c13-4-3-10-2-1-5-15(9-10)6-7-16-11(17)8-14-12(16)18;/h10H,1-9,13H2,(H,14,18);1H. The zero-order chi connectivity index (χ0) is 13.0. The normalized spacial score (nSPS) is 24.3. The van der Waals surface area contributed by atoms with E-state index < -0.39 is 0 Å². The molecule has 1 atom stereocenters. The lowest BCUT2D eigenvalue weighted by Gasteiger charge is -2.33. The van der Waals surface area contributed by atoms with Crippen molar-refractivity contribution in [3.8, 4) is 0 Å². The monoisotopic (exact) mass is 290 g/mol. The molecule has 3 amide bonds. The quantitative estimate of drug-likeness (QED) is 0.700. The zero-order valence-corrected chi connectivity index (χ0v) is 12.0. The van der Waals surface area contributed by atoms with Gasteiger partial charge in [0.2, 0.25) is 5.91 Å². The lowest BCUT2D eigenvalue weighted by atomic mass is 9.95. The molecule has 0 aromatic heterocycles. The number of amides is 3. The minimum atomic E-state index is -0.254. The van der Waals surface area contributed by atoms with Crippen molar-refractivity contribution in [3.05, 3.63) is 0 Å². The number of carbonyl (C=O) groups excluding carboxylic acids is 2. The van der Waals surface area contributed by atoms with Crippen LogP contribution in [0.15, 0.2) is 0 Å². The fourth-order valence-corrected chi connectivity index (χ4v) is 2.75. The number of urea groups is 1. The number of nitrogens with zero attached hydrogens (tertiary/aromatic N) is 2. The molecule has 7 heteroatoms. The van der Waals surface area contributed by atoms with Crippen LogP contribution >= 0.6 is 12.4 Å². The molecule has 0 aliphatic carbocycles. The number of imide groups is 1. The number of nitrogens with one attached hydrogen (secondary N) is 1. The summed E-state index contributed by atoms with van der Waals surface area (Å²) in [7, 11) is 0. The molecule has 2 fully saturated rings. The van der Waals surface area contributed by atoms with Gasteiger partial charge in [-0.15, -0.1) is 12.4 Å². The first-order valence-corrected chi connectivity index (χ1v) is 6.71.